The number of unbranched alkanes of at least 4 members (excludes halogenated alkanes) is 1. The van der Waals surface area contributed by atoms with Gasteiger partial charge in [0.05, 0.1) is 12.1 Å². The van der Waals surface area contributed by atoms with Gasteiger partial charge in [0.2, 0.25) is 0 Å². The zero-order valence-electron chi connectivity index (χ0n) is 10.4. The van der Waals surface area contributed by atoms with Gasteiger partial charge in [-0.3, -0.25) is 4.79 Å². The Morgan fingerprint density at radius 2 is 2.12 bits per heavy atom. The van der Waals surface area contributed by atoms with Gasteiger partial charge >= 0.3 is 5.97 Å². The first-order valence-corrected chi connectivity index (χ1v) is 6.53. The third kappa shape index (κ3) is 6.85. The van der Waals surface area contributed by atoms with Gasteiger partial charge in [-0.05, 0) is 40.0 Å². The van der Waals surface area contributed by atoms with E-state index in [1.54, 1.807) is 13.1 Å². The summed E-state index contributed by atoms with van der Waals surface area (Å²) < 4.78 is 15.1. The molecule has 0 aliphatic rings. The largest absolute Gasteiger partial charge is 0.591 e. The Hall–Kier alpha value is -0.550. The van der Waals surface area contributed by atoms with Gasteiger partial charge < -0.3 is 9.66 Å². The normalized spacial score (nSPS) is 16.3. The van der Waals surface area contributed by atoms with Crippen LogP contribution in [0.2, 0.25) is 0 Å². The van der Waals surface area contributed by atoms with Crippen molar-refractivity contribution in [1.29, 1.82) is 0 Å². The predicted molar refractivity (Wildman–Crippen MR) is 67.0 cm³/mol. The molecule has 5 heteroatoms. The predicted octanol–water partition coefficient (Wildman–Crippen LogP) is 2.41. The zero-order chi connectivity index (χ0) is 12.8. The number of carboxylic acids is 1. The second-order valence-corrected chi connectivity index (χ2v) is 6.75. The van der Waals surface area contributed by atoms with Gasteiger partial charge in [-0.25, -0.2) is 0 Å². The fraction of sp³-hybridized carbons (Fsp3) is 0.818. The molecular formula is C11H21NO3S. The van der Waals surface area contributed by atoms with E-state index in [-0.39, 0.29) is 10.7 Å². The van der Waals surface area contributed by atoms with E-state index in [9.17, 15) is 9.35 Å². The smallest absolute Gasteiger partial charge is 0.306 e. The van der Waals surface area contributed by atoms with E-state index in [1.807, 2.05) is 20.8 Å². The summed E-state index contributed by atoms with van der Waals surface area (Å²) in [5, 5.41) is 8.65. The highest BCUT2D eigenvalue weighted by Gasteiger charge is 2.25. The van der Waals surface area contributed by atoms with Crippen LogP contribution in [0, 0.1) is 5.92 Å². The first-order valence-electron chi connectivity index (χ1n) is 5.42. The minimum atomic E-state index is -1.21. The highest BCUT2D eigenvalue weighted by molar-refractivity contribution is 7.91. The Morgan fingerprint density at radius 3 is 2.56 bits per heavy atom. The highest BCUT2D eigenvalue weighted by Crippen LogP contribution is 2.16. The SMILES string of the molecule is C[C@H](CCC/C=N/[S@+]([O-])C(C)(C)C)C(=O)O. The van der Waals surface area contributed by atoms with Crippen LogP contribution in [-0.4, -0.2) is 26.6 Å². The molecule has 0 saturated carbocycles. The fourth-order valence-electron chi connectivity index (χ4n) is 0.917. The maximum atomic E-state index is 11.5. The lowest BCUT2D eigenvalue weighted by Gasteiger charge is -2.17. The van der Waals surface area contributed by atoms with Crippen molar-refractivity contribution in [3.05, 3.63) is 0 Å². The lowest BCUT2D eigenvalue weighted by molar-refractivity contribution is -0.141. The van der Waals surface area contributed by atoms with Crippen LogP contribution >= 0.6 is 0 Å². The quantitative estimate of drug-likeness (QED) is 0.445. The molecule has 0 unspecified atom stereocenters. The van der Waals surface area contributed by atoms with Crippen molar-refractivity contribution in [2.75, 3.05) is 0 Å². The summed E-state index contributed by atoms with van der Waals surface area (Å²) in [6.45, 7) is 7.29. The lowest BCUT2D eigenvalue weighted by atomic mass is 10.1. The molecule has 0 spiro atoms. The number of nitrogens with zero attached hydrogens (tertiary/aromatic N) is 1. The van der Waals surface area contributed by atoms with Gasteiger partial charge in [-0.1, -0.05) is 11.3 Å². The number of aliphatic carboxylic acids is 1. The number of carbonyl (C=O) groups is 1. The molecule has 0 heterocycles. The second-order valence-electron chi connectivity index (χ2n) is 4.82. The Balaban J connectivity index is 3.75. The first-order chi connectivity index (χ1) is 7.25. The van der Waals surface area contributed by atoms with E-state index >= 15 is 0 Å². The number of hydrogen-bond donors (Lipinski definition) is 1. The molecule has 0 aromatic heterocycles. The van der Waals surface area contributed by atoms with Gasteiger partial charge in [-0.15, -0.1) is 0 Å². The Morgan fingerprint density at radius 1 is 1.56 bits per heavy atom. The minimum Gasteiger partial charge on any atom is -0.591 e. The van der Waals surface area contributed by atoms with Crippen molar-refractivity contribution >= 4 is 23.5 Å². The van der Waals surface area contributed by atoms with Crippen molar-refractivity contribution in [1.82, 2.24) is 0 Å². The molecule has 0 bridgehead atoms. The van der Waals surface area contributed by atoms with E-state index in [0.717, 1.165) is 6.42 Å². The first kappa shape index (κ1) is 15.4. The van der Waals surface area contributed by atoms with Gasteiger partial charge in [0.25, 0.3) is 0 Å². The van der Waals surface area contributed by atoms with Crippen molar-refractivity contribution in [3.8, 4) is 0 Å². The topological polar surface area (TPSA) is 72.7 Å². The Bertz CT molecular complexity index is 248. The van der Waals surface area contributed by atoms with E-state index in [4.69, 9.17) is 5.11 Å². The minimum absolute atomic E-state index is 0.318. The number of rotatable bonds is 6. The highest BCUT2D eigenvalue weighted by atomic mass is 32.2. The summed E-state index contributed by atoms with van der Waals surface area (Å²) in [4.78, 5) is 10.5. The fourth-order valence-corrected chi connectivity index (χ4v) is 1.47. The standard InChI is InChI=1S/C11H21NO3S/c1-9(10(13)14)7-5-6-8-12-16(15)11(2,3)4/h8-9H,5-7H2,1-4H3,(H,13,14)/b12-8+/t9-,16-/m1/s1. The Kier molecular flexibility index (Phi) is 6.67. The summed E-state index contributed by atoms with van der Waals surface area (Å²) in [5.74, 6) is -1.09. The van der Waals surface area contributed by atoms with Crippen LogP contribution in [0.1, 0.15) is 47.0 Å². The van der Waals surface area contributed by atoms with Crippen molar-refractivity contribution in [2.45, 2.75) is 51.7 Å². The summed E-state index contributed by atoms with van der Waals surface area (Å²) >= 11 is -1.21. The molecule has 0 radical (unpaired) electrons. The molecule has 1 N–H and O–H groups in total. The van der Waals surface area contributed by atoms with Gasteiger partial charge in [-0.2, -0.15) is 0 Å². The average Bonchev–Trinajstić information content (AvgIpc) is 2.14. The van der Waals surface area contributed by atoms with E-state index in [0.29, 0.717) is 12.8 Å². The molecule has 0 aliphatic heterocycles. The van der Waals surface area contributed by atoms with Crippen LogP contribution in [0.4, 0.5) is 0 Å². The molecule has 0 aromatic carbocycles. The van der Waals surface area contributed by atoms with Crippen LogP contribution in [0.25, 0.3) is 0 Å². The van der Waals surface area contributed by atoms with Crippen LogP contribution in [0.5, 0.6) is 0 Å². The lowest BCUT2D eigenvalue weighted by Crippen LogP contribution is -2.25. The van der Waals surface area contributed by atoms with Gasteiger partial charge in [0, 0.05) is 0 Å². The van der Waals surface area contributed by atoms with Crippen LogP contribution in [0.15, 0.2) is 4.40 Å². The second kappa shape index (κ2) is 6.91. The molecular weight excluding hydrogens is 226 g/mol. The molecule has 0 aromatic rings. The van der Waals surface area contributed by atoms with Crippen LogP contribution in [0.3, 0.4) is 0 Å². The molecule has 0 fully saturated rings. The van der Waals surface area contributed by atoms with Crippen molar-refractivity contribution in [3.63, 3.8) is 0 Å². The van der Waals surface area contributed by atoms with Gasteiger partial charge in [0.1, 0.15) is 16.1 Å². The molecule has 94 valence electrons. The van der Waals surface area contributed by atoms with E-state index in [2.05, 4.69) is 4.40 Å². The third-order valence-electron chi connectivity index (χ3n) is 2.09. The molecule has 0 amide bonds. The van der Waals surface area contributed by atoms with E-state index in [1.165, 1.54) is 0 Å². The summed E-state index contributed by atoms with van der Waals surface area (Å²) in [6.07, 6.45) is 3.71. The molecule has 16 heavy (non-hydrogen) atoms. The van der Waals surface area contributed by atoms with Crippen molar-refractivity contribution < 1.29 is 14.5 Å². The third-order valence-corrected chi connectivity index (χ3v) is 3.47. The van der Waals surface area contributed by atoms with Gasteiger partial charge in [0.15, 0.2) is 0 Å². The summed E-state index contributed by atoms with van der Waals surface area (Å²) in [5.41, 5.74) is 0. The molecule has 0 saturated heterocycles. The molecule has 0 aliphatic carbocycles. The molecule has 2 atom stereocenters. The monoisotopic (exact) mass is 247 g/mol. The summed E-state index contributed by atoms with van der Waals surface area (Å²) in [7, 11) is 0. The van der Waals surface area contributed by atoms with Crippen LogP contribution < -0.4 is 0 Å². The summed E-state index contributed by atoms with van der Waals surface area (Å²) in [6, 6.07) is 0. The number of hydrogen-bond acceptors (Lipinski definition) is 3. The maximum Gasteiger partial charge on any atom is 0.306 e. The average molecular weight is 247 g/mol. The van der Waals surface area contributed by atoms with Crippen LogP contribution in [-0.2, 0) is 16.2 Å². The molecule has 4 nitrogen and oxygen atoms in total. The number of carboxylic acid groups (broad SMARTS) is 1. The maximum absolute atomic E-state index is 11.5. The zero-order valence-corrected chi connectivity index (χ0v) is 11.2. The van der Waals surface area contributed by atoms with E-state index < -0.39 is 17.3 Å². The molecule has 0 rings (SSSR count). The van der Waals surface area contributed by atoms with Crippen molar-refractivity contribution in [2.24, 2.45) is 10.3 Å². The Labute approximate surface area is 100 Å².